The van der Waals surface area contributed by atoms with Crippen LogP contribution in [0, 0.1) is 0 Å². The summed E-state index contributed by atoms with van der Waals surface area (Å²) in [5.41, 5.74) is 1.98. The average Bonchev–Trinajstić information content (AvgIpc) is 3.26. The van der Waals surface area contributed by atoms with E-state index in [4.69, 9.17) is 4.74 Å². The zero-order valence-corrected chi connectivity index (χ0v) is 17.5. The number of hydrogen-bond acceptors (Lipinski definition) is 6. The Morgan fingerprint density at radius 1 is 1.10 bits per heavy atom. The van der Waals surface area contributed by atoms with Gasteiger partial charge in [-0.3, -0.25) is 14.9 Å². The van der Waals surface area contributed by atoms with Crippen molar-refractivity contribution in [2.45, 2.75) is 11.7 Å². The Labute approximate surface area is 178 Å². The molecule has 0 bridgehead atoms. The molecule has 7 nitrogen and oxygen atoms in total. The summed E-state index contributed by atoms with van der Waals surface area (Å²) in [6, 6.07) is 15.9. The number of amides is 1. The van der Waals surface area contributed by atoms with Crippen molar-refractivity contribution in [3.63, 3.8) is 0 Å². The fourth-order valence-corrected chi connectivity index (χ4v) is 3.79. The van der Waals surface area contributed by atoms with Gasteiger partial charge < -0.3 is 9.64 Å². The molecule has 0 saturated carbocycles. The van der Waals surface area contributed by atoms with Gasteiger partial charge in [-0.15, -0.1) is 5.10 Å². The third-order valence-corrected chi connectivity index (χ3v) is 5.53. The number of carbonyl (C=O) groups excluding carboxylic acids is 1. The van der Waals surface area contributed by atoms with Gasteiger partial charge in [-0.2, -0.15) is 0 Å². The van der Waals surface area contributed by atoms with Crippen molar-refractivity contribution in [1.82, 2.24) is 25.1 Å². The number of hydrogen-bond donors (Lipinski definition) is 1. The molecule has 0 atom stereocenters. The van der Waals surface area contributed by atoms with Crippen molar-refractivity contribution in [2.24, 2.45) is 0 Å². The molecular formula is C22H21N5O2S. The van der Waals surface area contributed by atoms with Gasteiger partial charge in [0.15, 0.2) is 5.82 Å². The van der Waals surface area contributed by atoms with Crippen LogP contribution in [0.3, 0.4) is 0 Å². The van der Waals surface area contributed by atoms with Crippen molar-refractivity contribution in [2.75, 3.05) is 19.9 Å². The Morgan fingerprint density at radius 2 is 1.87 bits per heavy atom. The van der Waals surface area contributed by atoms with Gasteiger partial charge in [0.2, 0.25) is 11.1 Å². The number of fused-ring (bicyclic) bond motifs is 1. The highest BCUT2D eigenvalue weighted by atomic mass is 32.2. The first-order valence-corrected chi connectivity index (χ1v) is 10.4. The number of benzene rings is 2. The maximum absolute atomic E-state index is 12.6. The van der Waals surface area contributed by atoms with Gasteiger partial charge >= 0.3 is 0 Å². The maximum Gasteiger partial charge on any atom is 0.233 e. The highest BCUT2D eigenvalue weighted by Gasteiger charge is 2.13. The molecule has 0 aliphatic heterocycles. The summed E-state index contributed by atoms with van der Waals surface area (Å²) < 4.78 is 5.27. The smallest absolute Gasteiger partial charge is 0.233 e. The third-order valence-electron chi connectivity index (χ3n) is 4.70. The quantitative estimate of drug-likeness (QED) is 0.459. The van der Waals surface area contributed by atoms with E-state index < -0.39 is 0 Å². The van der Waals surface area contributed by atoms with E-state index in [1.54, 1.807) is 24.4 Å². The number of ether oxygens (including phenoxy) is 1. The number of pyridine rings is 1. The van der Waals surface area contributed by atoms with E-state index in [1.807, 2.05) is 43.4 Å². The fourth-order valence-electron chi connectivity index (χ4n) is 3.05. The van der Waals surface area contributed by atoms with Crippen LogP contribution in [0.15, 0.2) is 66.1 Å². The molecule has 0 spiro atoms. The number of thioether (sulfide) groups is 1. The molecule has 30 heavy (non-hydrogen) atoms. The Morgan fingerprint density at radius 3 is 2.67 bits per heavy atom. The number of rotatable bonds is 7. The van der Waals surface area contributed by atoms with E-state index in [-0.39, 0.29) is 11.7 Å². The van der Waals surface area contributed by atoms with Crippen LogP contribution in [0.1, 0.15) is 5.56 Å². The van der Waals surface area contributed by atoms with E-state index in [0.29, 0.717) is 17.5 Å². The summed E-state index contributed by atoms with van der Waals surface area (Å²) in [4.78, 5) is 22.7. The van der Waals surface area contributed by atoms with Gasteiger partial charge in [0.05, 0.1) is 12.9 Å². The largest absolute Gasteiger partial charge is 0.497 e. The van der Waals surface area contributed by atoms with Crippen LogP contribution in [0.4, 0.5) is 0 Å². The van der Waals surface area contributed by atoms with Crippen molar-refractivity contribution in [1.29, 1.82) is 0 Å². The lowest BCUT2D eigenvalue weighted by Gasteiger charge is -2.17. The van der Waals surface area contributed by atoms with Gasteiger partial charge in [-0.05, 0) is 46.7 Å². The van der Waals surface area contributed by atoms with Crippen LogP contribution in [0.25, 0.3) is 22.2 Å². The molecule has 2 heterocycles. The molecule has 0 aliphatic carbocycles. The van der Waals surface area contributed by atoms with Crippen molar-refractivity contribution < 1.29 is 9.53 Å². The van der Waals surface area contributed by atoms with Gasteiger partial charge in [0.1, 0.15) is 5.75 Å². The number of aromatic nitrogens is 4. The molecule has 2 aromatic carbocycles. The number of H-pyrrole nitrogens is 1. The first-order chi connectivity index (χ1) is 14.6. The molecule has 4 rings (SSSR count). The predicted octanol–water partition coefficient (Wildman–Crippen LogP) is 3.78. The minimum absolute atomic E-state index is 0.0186. The molecule has 4 aromatic rings. The van der Waals surface area contributed by atoms with Gasteiger partial charge in [0.25, 0.3) is 0 Å². The normalized spacial score (nSPS) is 10.9. The molecule has 0 saturated heterocycles. The third kappa shape index (κ3) is 4.60. The number of methoxy groups -OCH3 is 1. The second-order valence-corrected chi connectivity index (χ2v) is 7.73. The minimum atomic E-state index is 0.0186. The van der Waals surface area contributed by atoms with Crippen LogP contribution in [0.2, 0.25) is 0 Å². The molecule has 0 radical (unpaired) electrons. The summed E-state index contributed by atoms with van der Waals surface area (Å²) >= 11 is 1.32. The first-order valence-electron chi connectivity index (χ1n) is 9.38. The maximum atomic E-state index is 12.6. The van der Waals surface area contributed by atoms with E-state index in [9.17, 15) is 4.79 Å². The monoisotopic (exact) mass is 419 g/mol. The van der Waals surface area contributed by atoms with E-state index >= 15 is 0 Å². The summed E-state index contributed by atoms with van der Waals surface area (Å²) in [6.07, 6.45) is 3.40. The average molecular weight is 420 g/mol. The molecule has 2 aromatic heterocycles. The second kappa shape index (κ2) is 8.96. The SMILES string of the molecule is COc1ccc2cc(CN(C)C(=O)CSc3n[nH]c(-c4ccncc4)n3)ccc2c1. The highest BCUT2D eigenvalue weighted by molar-refractivity contribution is 7.99. The number of nitrogens with zero attached hydrogens (tertiary/aromatic N) is 4. The van der Waals surface area contributed by atoms with Crippen molar-refractivity contribution >= 4 is 28.4 Å². The van der Waals surface area contributed by atoms with Gasteiger partial charge in [-0.1, -0.05) is 30.0 Å². The Hall–Kier alpha value is -3.39. The van der Waals surface area contributed by atoms with Crippen LogP contribution >= 0.6 is 11.8 Å². The Balaban J connectivity index is 1.35. The standard InChI is InChI=1S/C22H21N5O2S/c1-27(13-15-3-4-18-12-19(29-2)6-5-17(18)11-15)20(28)14-30-22-24-21(25-26-22)16-7-9-23-10-8-16/h3-12H,13-14H2,1-2H3,(H,24,25,26). The zero-order valence-electron chi connectivity index (χ0n) is 16.7. The zero-order chi connectivity index (χ0) is 20.9. The van der Waals surface area contributed by atoms with Gasteiger partial charge in [0, 0.05) is 31.5 Å². The molecule has 1 amide bonds. The van der Waals surface area contributed by atoms with Crippen LogP contribution < -0.4 is 4.74 Å². The first kappa shape index (κ1) is 19.9. The van der Waals surface area contributed by atoms with Crippen LogP contribution in [-0.2, 0) is 11.3 Å². The molecule has 1 N–H and O–H groups in total. The number of aromatic amines is 1. The molecule has 0 unspecified atom stereocenters. The summed E-state index contributed by atoms with van der Waals surface area (Å²) in [5, 5.41) is 9.85. The van der Waals surface area contributed by atoms with E-state index in [0.717, 1.165) is 27.6 Å². The highest BCUT2D eigenvalue weighted by Crippen LogP contribution is 2.23. The molecule has 8 heteroatoms. The fraction of sp³-hybridized carbons (Fsp3) is 0.182. The molecule has 0 fully saturated rings. The molecule has 152 valence electrons. The lowest BCUT2D eigenvalue weighted by Crippen LogP contribution is -2.27. The molecule has 0 aliphatic rings. The summed E-state index contributed by atoms with van der Waals surface area (Å²) in [7, 11) is 3.47. The Bertz CT molecular complexity index is 1160. The minimum Gasteiger partial charge on any atom is -0.497 e. The van der Waals surface area contributed by atoms with Crippen LogP contribution in [0.5, 0.6) is 5.75 Å². The number of nitrogens with one attached hydrogen (secondary N) is 1. The number of carbonyl (C=O) groups is 1. The lowest BCUT2D eigenvalue weighted by molar-refractivity contribution is -0.127. The van der Waals surface area contributed by atoms with Crippen molar-refractivity contribution in [3.8, 4) is 17.1 Å². The second-order valence-electron chi connectivity index (χ2n) is 6.79. The Kier molecular flexibility index (Phi) is 5.94. The summed E-state index contributed by atoms with van der Waals surface area (Å²) in [5.74, 6) is 1.78. The van der Waals surface area contributed by atoms with Gasteiger partial charge in [-0.25, -0.2) is 4.98 Å². The topological polar surface area (TPSA) is 84.0 Å². The van der Waals surface area contributed by atoms with E-state index in [2.05, 4.69) is 32.3 Å². The predicted molar refractivity (Wildman–Crippen MR) is 117 cm³/mol. The van der Waals surface area contributed by atoms with E-state index in [1.165, 1.54) is 11.8 Å². The molecular weight excluding hydrogens is 398 g/mol. The van der Waals surface area contributed by atoms with Crippen molar-refractivity contribution in [3.05, 3.63) is 66.5 Å². The van der Waals surface area contributed by atoms with Crippen LogP contribution in [-0.4, -0.2) is 50.9 Å². The lowest BCUT2D eigenvalue weighted by atomic mass is 10.1. The summed E-state index contributed by atoms with van der Waals surface area (Å²) in [6.45, 7) is 0.539.